The maximum absolute atomic E-state index is 5.07. The van der Waals surface area contributed by atoms with Gasteiger partial charge in [0.05, 0.1) is 0 Å². The van der Waals surface area contributed by atoms with Gasteiger partial charge in [-0.15, -0.1) is 0 Å². The van der Waals surface area contributed by atoms with E-state index in [-0.39, 0.29) is 35.5 Å². The summed E-state index contributed by atoms with van der Waals surface area (Å²) >= 11 is 0. The van der Waals surface area contributed by atoms with E-state index in [9.17, 15) is 0 Å². The van der Waals surface area contributed by atoms with Crippen molar-refractivity contribution in [3.8, 4) is 0 Å². The molecule has 1 aliphatic rings. The molecule has 0 saturated carbocycles. The molecule has 0 aromatic heterocycles. The third-order valence-corrected chi connectivity index (χ3v) is 3.89. The molecule has 1 saturated heterocycles. The van der Waals surface area contributed by atoms with Gasteiger partial charge in [0, 0.05) is 13.2 Å². The van der Waals surface area contributed by atoms with Crippen molar-refractivity contribution < 1.29 is 17.1 Å². The van der Waals surface area contributed by atoms with E-state index in [1.54, 1.807) is 0 Å². The summed E-state index contributed by atoms with van der Waals surface area (Å²) in [7, 11) is 0. The Kier molecular flexibility index (Phi) is 11.7. The molecule has 0 unspecified atom stereocenters. The van der Waals surface area contributed by atoms with Crippen molar-refractivity contribution in [2.24, 2.45) is 0 Å². The molecule has 0 bridgehead atoms. The fourth-order valence-electron chi connectivity index (χ4n) is 2.09. The average molecular weight is 281 g/mol. The summed E-state index contributed by atoms with van der Waals surface area (Å²) < 4.78 is 5.07. The molecular formula is C15H25ClMgO. The minimum Gasteiger partial charge on any atom is -1.00 e. The van der Waals surface area contributed by atoms with Gasteiger partial charge in [-0.3, -0.25) is 0 Å². The van der Waals surface area contributed by atoms with Crippen LogP contribution in [0.1, 0.15) is 47.1 Å². The van der Waals surface area contributed by atoms with E-state index < -0.39 is 0 Å². The van der Waals surface area contributed by atoms with Crippen LogP contribution in [0.4, 0.5) is 0 Å². The van der Waals surface area contributed by atoms with Gasteiger partial charge in [0.2, 0.25) is 0 Å². The third kappa shape index (κ3) is 5.56. The smallest absolute Gasteiger partial charge is 1.00 e. The van der Waals surface area contributed by atoms with Crippen LogP contribution in [-0.2, 0) is 4.74 Å². The number of rotatable bonds is 0. The number of hydrogen-bond acceptors (Lipinski definition) is 1. The fraction of sp³-hybridized carbons (Fsp3) is 0.667. The van der Waals surface area contributed by atoms with Gasteiger partial charge in [0.1, 0.15) is 0 Å². The Morgan fingerprint density at radius 3 is 1.33 bits per heavy atom. The topological polar surface area (TPSA) is 9.23 Å². The van der Waals surface area contributed by atoms with E-state index in [1.807, 2.05) is 0 Å². The molecule has 1 fully saturated rings. The predicted octanol–water partition coefficient (Wildman–Crippen LogP) is 0.758. The van der Waals surface area contributed by atoms with Crippen molar-refractivity contribution in [2.45, 2.75) is 53.9 Å². The van der Waals surface area contributed by atoms with E-state index in [2.05, 4.69) is 34.6 Å². The molecule has 1 heterocycles. The van der Waals surface area contributed by atoms with Gasteiger partial charge in [0.25, 0.3) is 0 Å². The van der Waals surface area contributed by atoms with Crippen molar-refractivity contribution in [1.82, 2.24) is 0 Å². The first-order valence-corrected chi connectivity index (χ1v) is 6.33. The second kappa shape index (κ2) is 10.2. The molecule has 2 rings (SSSR count). The third-order valence-electron chi connectivity index (χ3n) is 3.89. The van der Waals surface area contributed by atoms with Crippen molar-refractivity contribution in [3.63, 3.8) is 0 Å². The molecule has 0 N–H and O–H groups in total. The van der Waals surface area contributed by atoms with Crippen molar-refractivity contribution >= 4 is 23.1 Å². The largest absolute Gasteiger partial charge is 2.00 e. The molecule has 0 amide bonds. The summed E-state index contributed by atoms with van der Waals surface area (Å²) in [6.07, 6.45) is 3.93. The van der Waals surface area contributed by atoms with Crippen molar-refractivity contribution in [3.05, 3.63) is 27.8 Å². The van der Waals surface area contributed by atoms with Crippen LogP contribution in [0.5, 0.6) is 0 Å². The van der Waals surface area contributed by atoms with Crippen molar-refractivity contribution in [1.29, 1.82) is 0 Å². The van der Waals surface area contributed by atoms with E-state index in [4.69, 9.17) is 4.74 Å². The standard InChI is InChI=1S/C10H15.C5H10O.ClH.Mg/c1-6-7(2)9(4)10(5)8(6)3;1-2-4-6-5-3-1;;/h1-5H3;1-5H2;1H;/q-1;;;+2/p-1. The second-order valence-corrected chi connectivity index (χ2v) is 4.80. The predicted molar refractivity (Wildman–Crippen MR) is 76.1 cm³/mol. The van der Waals surface area contributed by atoms with Crippen molar-refractivity contribution in [2.75, 3.05) is 13.2 Å². The Morgan fingerprint density at radius 1 is 0.833 bits per heavy atom. The van der Waals surface area contributed by atoms with Crippen LogP contribution in [0, 0.1) is 34.6 Å². The molecule has 1 nitrogen and oxygen atoms in total. The first-order valence-electron chi connectivity index (χ1n) is 6.33. The van der Waals surface area contributed by atoms with Gasteiger partial charge in [-0.1, -0.05) is 34.6 Å². The van der Waals surface area contributed by atoms with Gasteiger partial charge < -0.3 is 17.1 Å². The molecule has 0 radical (unpaired) electrons. The SMILES string of the molecule is C1CCOCC1.Cc1c(C)c(C)[c-](C)c1C.[Cl-].[Mg+2]. The maximum atomic E-state index is 5.07. The molecule has 3 heteroatoms. The van der Waals surface area contributed by atoms with Crippen LogP contribution in [0.25, 0.3) is 0 Å². The summed E-state index contributed by atoms with van der Waals surface area (Å²) in [5.74, 6) is 0. The van der Waals surface area contributed by atoms with Gasteiger partial charge in [-0.05, 0) is 19.3 Å². The summed E-state index contributed by atoms with van der Waals surface area (Å²) in [6.45, 7) is 13.0. The summed E-state index contributed by atoms with van der Waals surface area (Å²) in [6, 6.07) is 0. The molecule has 100 valence electrons. The molecular weight excluding hydrogens is 256 g/mol. The van der Waals surface area contributed by atoms with Gasteiger partial charge in [-0.2, -0.15) is 27.8 Å². The van der Waals surface area contributed by atoms with E-state index >= 15 is 0 Å². The fourth-order valence-corrected chi connectivity index (χ4v) is 2.09. The van der Waals surface area contributed by atoms with E-state index in [1.165, 1.54) is 47.1 Å². The molecule has 0 atom stereocenters. The summed E-state index contributed by atoms with van der Waals surface area (Å²) in [5, 5.41) is 0. The van der Waals surface area contributed by atoms with Gasteiger partial charge in [0.15, 0.2) is 0 Å². The Balaban J connectivity index is 0. The quantitative estimate of drug-likeness (QED) is 0.504. The normalized spacial score (nSPS) is 13.8. The minimum atomic E-state index is 0. The Morgan fingerprint density at radius 2 is 1.22 bits per heavy atom. The molecule has 18 heavy (non-hydrogen) atoms. The first kappa shape index (κ1) is 20.7. The van der Waals surface area contributed by atoms with Gasteiger partial charge in [-0.25, -0.2) is 0 Å². The number of hydrogen-bond donors (Lipinski definition) is 0. The molecule has 1 aromatic carbocycles. The monoisotopic (exact) mass is 280 g/mol. The maximum Gasteiger partial charge on any atom is 2.00 e. The van der Waals surface area contributed by atoms with Gasteiger partial charge >= 0.3 is 23.1 Å². The zero-order chi connectivity index (χ0) is 12.1. The number of ether oxygens (including phenoxy) is 1. The Bertz CT molecular complexity index is 249. The van der Waals surface area contributed by atoms with Crippen LogP contribution in [0.3, 0.4) is 0 Å². The first-order chi connectivity index (χ1) is 7.55. The molecule has 1 aliphatic heterocycles. The van der Waals surface area contributed by atoms with E-state index in [0.29, 0.717) is 0 Å². The second-order valence-electron chi connectivity index (χ2n) is 4.80. The van der Waals surface area contributed by atoms with Crippen LogP contribution < -0.4 is 12.4 Å². The number of halogens is 1. The molecule has 1 aromatic rings. The minimum absolute atomic E-state index is 0. The zero-order valence-electron chi connectivity index (χ0n) is 12.5. The van der Waals surface area contributed by atoms with E-state index in [0.717, 1.165) is 13.2 Å². The van der Waals surface area contributed by atoms with Crippen LogP contribution in [0.15, 0.2) is 0 Å². The Labute approximate surface area is 135 Å². The van der Waals surface area contributed by atoms with Crippen LogP contribution >= 0.6 is 0 Å². The summed E-state index contributed by atoms with van der Waals surface area (Å²) in [4.78, 5) is 0. The van der Waals surface area contributed by atoms with Crippen LogP contribution in [-0.4, -0.2) is 36.3 Å². The average Bonchev–Trinajstić information content (AvgIpc) is 2.51. The van der Waals surface area contributed by atoms with Crippen LogP contribution in [0.2, 0.25) is 0 Å². The summed E-state index contributed by atoms with van der Waals surface area (Å²) in [5.41, 5.74) is 7.34. The Hall–Kier alpha value is 0.366. The molecule has 0 aliphatic carbocycles. The molecule has 0 spiro atoms. The zero-order valence-corrected chi connectivity index (χ0v) is 14.7.